The molecule has 1 aromatic carbocycles. The molecule has 29 heavy (non-hydrogen) atoms. The Bertz CT molecular complexity index is 1030. The number of fused-ring (bicyclic) bond motifs is 3. The van der Waals surface area contributed by atoms with E-state index >= 15 is 0 Å². The lowest BCUT2D eigenvalue weighted by atomic mass is 10.1. The maximum absolute atomic E-state index is 13.2. The van der Waals surface area contributed by atoms with Gasteiger partial charge < -0.3 is 10.6 Å². The van der Waals surface area contributed by atoms with Crippen LogP contribution in [0, 0.1) is 0 Å². The largest absolute Gasteiger partial charge is 0.358 e. The van der Waals surface area contributed by atoms with Crippen molar-refractivity contribution >= 4 is 21.8 Å². The van der Waals surface area contributed by atoms with Gasteiger partial charge in [-0.1, -0.05) is 26.0 Å². The molecule has 2 aromatic rings. The Hall–Kier alpha value is -2.72. The standard InChI is InChI=1S/C19H25N5O4S/c1-4-13(5-2)22-19(26)18-15-10-23(11-17(25)20-3)29(27,28)16-9-7-6-8-14(16)24(15)12-21-18/h6-9,12-13H,4-5,10-11H2,1-3H3,(H,20,25)(H,22,26). The molecule has 0 saturated carbocycles. The smallest absolute Gasteiger partial charge is 0.272 e. The number of nitrogens with zero attached hydrogens (tertiary/aromatic N) is 3. The summed E-state index contributed by atoms with van der Waals surface area (Å²) in [6, 6.07) is 6.49. The SMILES string of the molecule is CCC(CC)NC(=O)c1ncn2c1CN(CC(=O)NC)S(=O)(=O)c1ccccc1-2. The molecule has 0 fully saturated rings. The van der Waals surface area contributed by atoms with E-state index in [1.807, 2.05) is 13.8 Å². The second-order valence-electron chi connectivity index (χ2n) is 6.81. The van der Waals surface area contributed by atoms with Crippen molar-refractivity contribution in [2.45, 2.75) is 44.2 Å². The van der Waals surface area contributed by atoms with Crippen LogP contribution >= 0.6 is 0 Å². The van der Waals surface area contributed by atoms with Gasteiger partial charge in [0.15, 0.2) is 5.69 Å². The Morgan fingerprint density at radius 2 is 1.90 bits per heavy atom. The summed E-state index contributed by atoms with van der Waals surface area (Å²) in [5.74, 6) is -0.800. The molecule has 0 aliphatic carbocycles. The van der Waals surface area contributed by atoms with Crippen molar-refractivity contribution in [1.82, 2.24) is 24.5 Å². The first-order valence-corrected chi connectivity index (χ1v) is 10.9. The van der Waals surface area contributed by atoms with Crippen molar-refractivity contribution in [1.29, 1.82) is 0 Å². The molecular formula is C19H25N5O4S. The molecule has 1 aromatic heterocycles. The van der Waals surface area contributed by atoms with Crippen LogP contribution < -0.4 is 10.6 Å². The highest BCUT2D eigenvalue weighted by Gasteiger charge is 2.35. The van der Waals surface area contributed by atoms with Crippen molar-refractivity contribution in [2.75, 3.05) is 13.6 Å². The summed E-state index contributed by atoms with van der Waals surface area (Å²) in [7, 11) is -2.50. The van der Waals surface area contributed by atoms with Gasteiger partial charge in [-0.3, -0.25) is 14.2 Å². The van der Waals surface area contributed by atoms with Gasteiger partial charge in [-0.15, -0.1) is 0 Å². The van der Waals surface area contributed by atoms with E-state index in [0.29, 0.717) is 11.4 Å². The number of nitrogens with one attached hydrogen (secondary N) is 2. The van der Waals surface area contributed by atoms with E-state index in [1.165, 1.54) is 19.4 Å². The minimum Gasteiger partial charge on any atom is -0.358 e. The van der Waals surface area contributed by atoms with Crippen LogP contribution in [0.15, 0.2) is 35.5 Å². The summed E-state index contributed by atoms with van der Waals surface area (Å²) in [5, 5.41) is 5.38. The number of benzene rings is 1. The van der Waals surface area contributed by atoms with Crippen LogP contribution in [-0.4, -0.2) is 53.7 Å². The number of amides is 2. The fourth-order valence-electron chi connectivity index (χ4n) is 3.31. The van der Waals surface area contributed by atoms with Crippen molar-refractivity contribution in [2.24, 2.45) is 0 Å². The molecule has 0 radical (unpaired) electrons. The number of imidazole rings is 1. The topological polar surface area (TPSA) is 113 Å². The van der Waals surface area contributed by atoms with E-state index in [9.17, 15) is 18.0 Å². The van der Waals surface area contributed by atoms with E-state index in [0.717, 1.165) is 17.1 Å². The third-order valence-corrected chi connectivity index (χ3v) is 6.91. The van der Waals surface area contributed by atoms with E-state index < -0.39 is 15.9 Å². The van der Waals surface area contributed by atoms with Gasteiger partial charge in [0.05, 0.1) is 24.5 Å². The number of carbonyl (C=O) groups is 2. The fraction of sp³-hybridized carbons (Fsp3) is 0.421. The van der Waals surface area contributed by atoms with Gasteiger partial charge in [0, 0.05) is 13.1 Å². The monoisotopic (exact) mass is 419 g/mol. The number of rotatable bonds is 6. The Morgan fingerprint density at radius 3 is 2.55 bits per heavy atom. The molecule has 2 N–H and O–H groups in total. The predicted octanol–water partition coefficient (Wildman–Crippen LogP) is 1.04. The molecule has 9 nitrogen and oxygen atoms in total. The van der Waals surface area contributed by atoms with Crippen LogP contribution in [0.4, 0.5) is 0 Å². The molecule has 10 heteroatoms. The number of hydrogen-bond donors (Lipinski definition) is 2. The summed E-state index contributed by atoms with van der Waals surface area (Å²) >= 11 is 0. The number of carbonyl (C=O) groups excluding carboxylic acids is 2. The summed E-state index contributed by atoms with van der Waals surface area (Å²) in [6.07, 6.45) is 3.01. The Balaban J connectivity index is 2.12. The average Bonchev–Trinajstić information content (AvgIpc) is 3.11. The highest BCUT2D eigenvalue weighted by atomic mass is 32.2. The van der Waals surface area contributed by atoms with Crippen LogP contribution in [0.1, 0.15) is 42.9 Å². The maximum atomic E-state index is 13.2. The van der Waals surface area contributed by atoms with Gasteiger partial charge in [-0.25, -0.2) is 13.4 Å². The fourth-order valence-corrected chi connectivity index (χ4v) is 4.85. The van der Waals surface area contributed by atoms with Gasteiger partial charge in [0.1, 0.15) is 11.2 Å². The van der Waals surface area contributed by atoms with Crippen molar-refractivity contribution in [3.63, 3.8) is 0 Å². The van der Waals surface area contributed by atoms with Crippen LogP contribution in [0.5, 0.6) is 0 Å². The molecule has 0 spiro atoms. The lowest BCUT2D eigenvalue weighted by Gasteiger charge is -2.20. The van der Waals surface area contributed by atoms with Crippen LogP contribution in [-0.2, 0) is 21.4 Å². The first-order chi connectivity index (χ1) is 13.8. The van der Waals surface area contributed by atoms with Gasteiger partial charge in [-0.05, 0) is 25.0 Å². The molecule has 1 aliphatic heterocycles. The number of hydrogen-bond acceptors (Lipinski definition) is 5. The van der Waals surface area contributed by atoms with Crippen molar-refractivity contribution in [3.8, 4) is 5.69 Å². The minimum atomic E-state index is -3.94. The molecule has 1 aliphatic rings. The second-order valence-corrected chi connectivity index (χ2v) is 8.72. The number of aromatic nitrogens is 2. The summed E-state index contributed by atoms with van der Waals surface area (Å²) in [5.41, 5.74) is 0.979. The number of likely N-dealkylation sites (N-methyl/N-ethyl adjacent to an activating group) is 1. The maximum Gasteiger partial charge on any atom is 0.272 e. The molecule has 2 amide bonds. The van der Waals surface area contributed by atoms with Crippen molar-refractivity contribution in [3.05, 3.63) is 42.0 Å². The zero-order chi connectivity index (χ0) is 21.2. The lowest BCUT2D eigenvalue weighted by molar-refractivity contribution is -0.120. The Labute approximate surface area is 170 Å². The van der Waals surface area contributed by atoms with E-state index in [4.69, 9.17) is 0 Å². The van der Waals surface area contributed by atoms with Crippen LogP contribution in [0.3, 0.4) is 0 Å². The van der Waals surface area contributed by atoms with Crippen molar-refractivity contribution < 1.29 is 18.0 Å². The van der Waals surface area contributed by atoms with Gasteiger partial charge >= 0.3 is 0 Å². The van der Waals surface area contributed by atoms with E-state index in [1.54, 1.807) is 22.8 Å². The summed E-state index contributed by atoms with van der Waals surface area (Å²) in [6.45, 7) is 3.47. The predicted molar refractivity (Wildman–Crippen MR) is 107 cm³/mol. The zero-order valence-corrected chi connectivity index (χ0v) is 17.5. The lowest BCUT2D eigenvalue weighted by Crippen LogP contribution is -2.39. The van der Waals surface area contributed by atoms with Gasteiger partial charge in [0.25, 0.3) is 5.91 Å². The van der Waals surface area contributed by atoms with E-state index in [2.05, 4.69) is 15.6 Å². The Kier molecular flexibility index (Phi) is 6.04. The third kappa shape index (κ3) is 3.90. The highest BCUT2D eigenvalue weighted by Crippen LogP contribution is 2.31. The third-order valence-electron chi connectivity index (χ3n) is 5.07. The first-order valence-electron chi connectivity index (χ1n) is 9.50. The minimum absolute atomic E-state index is 0.00335. The first kappa shape index (κ1) is 21.0. The van der Waals surface area contributed by atoms with Crippen LogP contribution in [0.2, 0.25) is 0 Å². The quantitative estimate of drug-likeness (QED) is 0.726. The van der Waals surface area contributed by atoms with Crippen LogP contribution in [0.25, 0.3) is 5.69 Å². The number of para-hydroxylation sites is 1. The Morgan fingerprint density at radius 1 is 1.21 bits per heavy atom. The molecular weight excluding hydrogens is 394 g/mol. The number of sulfonamides is 1. The molecule has 0 atom stereocenters. The molecule has 2 heterocycles. The molecule has 0 saturated heterocycles. The summed E-state index contributed by atoms with van der Waals surface area (Å²) < 4.78 is 29.1. The van der Waals surface area contributed by atoms with E-state index in [-0.39, 0.29) is 35.6 Å². The average molecular weight is 420 g/mol. The molecule has 0 unspecified atom stereocenters. The molecule has 0 bridgehead atoms. The van der Waals surface area contributed by atoms with Gasteiger partial charge in [0.2, 0.25) is 15.9 Å². The summed E-state index contributed by atoms with van der Waals surface area (Å²) in [4.78, 5) is 29.1. The van der Waals surface area contributed by atoms with Gasteiger partial charge in [-0.2, -0.15) is 4.31 Å². The second kappa shape index (κ2) is 8.34. The normalized spacial score (nSPS) is 15.3. The highest BCUT2D eigenvalue weighted by molar-refractivity contribution is 7.89. The molecule has 156 valence electrons. The molecule has 3 rings (SSSR count). The zero-order valence-electron chi connectivity index (χ0n) is 16.7.